The Labute approximate surface area is 150 Å². The first-order valence-corrected chi connectivity index (χ1v) is 9.12. The molecule has 25 heavy (non-hydrogen) atoms. The van der Waals surface area contributed by atoms with Gasteiger partial charge in [-0.05, 0) is 24.6 Å². The summed E-state index contributed by atoms with van der Waals surface area (Å²) in [5.41, 5.74) is 1.96. The van der Waals surface area contributed by atoms with Gasteiger partial charge in [-0.1, -0.05) is 23.5 Å². The number of nitrogens with one attached hydrogen (secondary N) is 1. The van der Waals surface area contributed by atoms with Crippen LogP contribution >= 0.6 is 11.3 Å². The van der Waals surface area contributed by atoms with Crippen LogP contribution in [0.4, 0.5) is 5.13 Å². The molecule has 2 heterocycles. The minimum atomic E-state index is -0.130. The summed E-state index contributed by atoms with van der Waals surface area (Å²) in [6.07, 6.45) is 1.10. The zero-order valence-corrected chi connectivity index (χ0v) is 15.2. The summed E-state index contributed by atoms with van der Waals surface area (Å²) >= 11 is 1.45. The summed E-state index contributed by atoms with van der Waals surface area (Å²) in [5, 5.41) is 3.32. The average Bonchev–Trinajstić information content (AvgIpc) is 2.97. The van der Waals surface area contributed by atoms with Crippen LogP contribution in [0, 0.1) is 0 Å². The molecule has 1 aliphatic heterocycles. The van der Waals surface area contributed by atoms with Crippen molar-refractivity contribution < 1.29 is 14.3 Å². The number of aromatic nitrogens is 1. The highest BCUT2D eigenvalue weighted by molar-refractivity contribution is 7.15. The van der Waals surface area contributed by atoms with Gasteiger partial charge in [-0.3, -0.25) is 9.59 Å². The largest absolute Gasteiger partial charge is 0.494 e. The van der Waals surface area contributed by atoms with Crippen molar-refractivity contribution in [1.82, 2.24) is 9.88 Å². The molecule has 3 rings (SSSR count). The molecule has 6 nitrogen and oxygen atoms in total. The zero-order chi connectivity index (χ0) is 17.8. The number of hydrogen-bond donors (Lipinski definition) is 1. The van der Waals surface area contributed by atoms with Crippen LogP contribution in [0.25, 0.3) is 0 Å². The topological polar surface area (TPSA) is 71.5 Å². The zero-order valence-electron chi connectivity index (χ0n) is 14.4. The molecular weight excluding hydrogens is 338 g/mol. The van der Waals surface area contributed by atoms with Crippen molar-refractivity contribution in [2.45, 2.75) is 33.2 Å². The molecule has 0 unspecified atom stereocenters. The van der Waals surface area contributed by atoms with Gasteiger partial charge in [0, 0.05) is 24.8 Å². The van der Waals surface area contributed by atoms with Gasteiger partial charge in [-0.2, -0.15) is 0 Å². The number of benzene rings is 1. The third-order valence-electron chi connectivity index (χ3n) is 3.96. The molecule has 7 heteroatoms. The number of fused-ring (bicyclic) bond motifs is 1. The van der Waals surface area contributed by atoms with E-state index in [4.69, 9.17) is 4.74 Å². The number of thiazole rings is 1. The van der Waals surface area contributed by atoms with Gasteiger partial charge in [0.2, 0.25) is 11.8 Å². The summed E-state index contributed by atoms with van der Waals surface area (Å²) < 4.78 is 5.42. The fourth-order valence-corrected chi connectivity index (χ4v) is 3.84. The molecule has 1 aromatic heterocycles. The van der Waals surface area contributed by atoms with Gasteiger partial charge in [0.05, 0.1) is 25.3 Å². The van der Waals surface area contributed by atoms with Crippen LogP contribution in [0.5, 0.6) is 5.75 Å². The average molecular weight is 359 g/mol. The maximum absolute atomic E-state index is 12.6. The van der Waals surface area contributed by atoms with E-state index in [0.29, 0.717) is 31.2 Å². The first kappa shape index (κ1) is 17.4. The Morgan fingerprint density at radius 1 is 1.32 bits per heavy atom. The summed E-state index contributed by atoms with van der Waals surface area (Å²) in [4.78, 5) is 31.1. The Balaban J connectivity index is 1.61. The van der Waals surface area contributed by atoms with E-state index >= 15 is 0 Å². The molecule has 0 bridgehead atoms. The Kier molecular flexibility index (Phi) is 5.33. The molecule has 0 radical (unpaired) electrons. The van der Waals surface area contributed by atoms with Crippen LogP contribution in [0.15, 0.2) is 24.3 Å². The molecular formula is C18H21N3O3S. The molecule has 2 aromatic rings. The summed E-state index contributed by atoms with van der Waals surface area (Å²) in [7, 11) is 0. The molecule has 132 valence electrons. The van der Waals surface area contributed by atoms with E-state index in [1.807, 2.05) is 36.1 Å². The van der Waals surface area contributed by atoms with Crippen LogP contribution in [-0.2, 0) is 29.0 Å². The highest BCUT2D eigenvalue weighted by atomic mass is 32.1. The van der Waals surface area contributed by atoms with Crippen LogP contribution < -0.4 is 10.1 Å². The van der Waals surface area contributed by atoms with E-state index in [2.05, 4.69) is 10.3 Å². The first-order chi connectivity index (χ1) is 12.0. The van der Waals surface area contributed by atoms with Gasteiger partial charge in [-0.25, -0.2) is 4.98 Å². The lowest BCUT2D eigenvalue weighted by Gasteiger charge is -2.26. The number of anilines is 1. The number of carbonyl (C=O) groups excluding carboxylic acids is 2. The molecule has 1 N–H and O–H groups in total. The normalized spacial score (nSPS) is 13.3. The molecule has 1 aliphatic rings. The Bertz CT molecular complexity index is 770. The monoisotopic (exact) mass is 359 g/mol. The van der Waals surface area contributed by atoms with Crippen LogP contribution in [0.2, 0.25) is 0 Å². The fourth-order valence-electron chi connectivity index (χ4n) is 2.77. The fraction of sp³-hybridized carbons (Fsp3) is 0.389. The van der Waals surface area contributed by atoms with Crippen LogP contribution in [0.3, 0.4) is 0 Å². The first-order valence-electron chi connectivity index (χ1n) is 8.31. The second-order valence-electron chi connectivity index (χ2n) is 5.89. The van der Waals surface area contributed by atoms with E-state index < -0.39 is 0 Å². The van der Waals surface area contributed by atoms with E-state index in [1.54, 1.807) is 0 Å². The molecule has 0 fully saturated rings. The van der Waals surface area contributed by atoms with Crippen molar-refractivity contribution in [2.24, 2.45) is 0 Å². The van der Waals surface area contributed by atoms with E-state index in [1.165, 1.54) is 18.3 Å². The summed E-state index contributed by atoms with van der Waals surface area (Å²) in [6.45, 7) is 5.25. The van der Waals surface area contributed by atoms with Crippen molar-refractivity contribution in [1.29, 1.82) is 0 Å². The highest BCUT2D eigenvalue weighted by Crippen LogP contribution is 2.28. The lowest BCUT2D eigenvalue weighted by Crippen LogP contribution is -2.36. The molecule has 0 aliphatic carbocycles. The van der Waals surface area contributed by atoms with Crippen LogP contribution in [-0.4, -0.2) is 34.8 Å². The van der Waals surface area contributed by atoms with E-state index in [9.17, 15) is 9.59 Å². The minimum Gasteiger partial charge on any atom is -0.494 e. The van der Waals surface area contributed by atoms with Gasteiger partial charge in [0.1, 0.15) is 5.75 Å². The van der Waals surface area contributed by atoms with E-state index in [0.717, 1.165) is 28.3 Å². The van der Waals surface area contributed by atoms with Crippen molar-refractivity contribution in [3.63, 3.8) is 0 Å². The van der Waals surface area contributed by atoms with Crippen LogP contribution in [0.1, 0.15) is 30.0 Å². The van der Waals surface area contributed by atoms with Gasteiger partial charge in [0.25, 0.3) is 0 Å². The Morgan fingerprint density at radius 2 is 2.08 bits per heavy atom. The summed E-state index contributed by atoms with van der Waals surface area (Å²) in [6, 6.07) is 7.65. The number of amides is 2. The maximum Gasteiger partial charge on any atom is 0.227 e. The lowest BCUT2D eigenvalue weighted by atomic mass is 10.1. The molecule has 1 aromatic carbocycles. The molecule has 2 amide bonds. The number of carbonyl (C=O) groups is 2. The number of nitrogens with zero attached hydrogens (tertiary/aromatic N) is 2. The smallest absolute Gasteiger partial charge is 0.227 e. The maximum atomic E-state index is 12.6. The Morgan fingerprint density at radius 3 is 2.76 bits per heavy atom. The van der Waals surface area contributed by atoms with Crippen molar-refractivity contribution in [3.05, 3.63) is 40.4 Å². The molecule has 0 saturated heterocycles. The van der Waals surface area contributed by atoms with Gasteiger partial charge < -0.3 is 15.0 Å². The second-order valence-corrected chi connectivity index (χ2v) is 6.97. The van der Waals surface area contributed by atoms with Gasteiger partial charge in [0.15, 0.2) is 5.13 Å². The molecule has 0 saturated carbocycles. The number of rotatable bonds is 5. The van der Waals surface area contributed by atoms with Crippen molar-refractivity contribution in [3.8, 4) is 5.75 Å². The second kappa shape index (κ2) is 7.65. The molecule has 0 spiro atoms. The summed E-state index contributed by atoms with van der Waals surface area (Å²) in [5.74, 6) is 0.787. The third-order valence-corrected chi connectivity index (χ3v) is 4.95. The standard InChI is InChI=1S/C18H21N3O3S/c1-3-24-14-6-4-13(5-7-14)10-17(23)21-9-8-15-16(11-21)25-18(20-15)19-12(2)22/h4-7H,3,8-11H2,1-2H3,(H,19,20,22). The third kappa shape index (κ3) is 4.36. The van der Waals surface area contributed by atoms with Crippen molar-refractivity contribution in [2.75, 3.05) is 18.5 Å². The van der Waals surface area contributed by atoms with Gasteiger partial charge >= 0.3 is 0 Å². The number of hydrogen-bond acceptors (Lipinski definition) is 5. The SMILES string of the molecule is CCOc1ccc(CC(=O)N2CCc3nc(NC(C)=O)sc3C2)cc1. The quantitative estimate of drug-likeness (QED) is 0.891. The lowest BCUT2D eigenvalue weighted by molar-refractivity contribution is -0.131. The predicted octanol–water partition coefficient (Wildman–Crippen LogP) is 2.63. The van der Waals surface area contributed by atoms with E-state index in [-0.39, 0.29) is 11.8 Å². The molecule has 0 atom stereocenters. The minimum absolute atomic E-state index is 0.101. The van der Waals surface area contributed by atoms with Gasteiger partial charge in [-0.15, -0.1) is 0 Å². The van der Waals surface area contributed by atoms with Crippen molar-refractivity contribution >= 4 is 28.3 Å². The predicted molar refractivity (Wildman–Crippen MR) is 96.9 cm³/mol. The Hall–Kier alpha value is -2.41. The highest BCUT2D eigenvalue weighted by Gasteiger charge is 2.24. The number of ether oxygens (including phenoxy) is 1.